The number of carbonyl (C=O) groups excluding carboxylic acids is 1. The van der Waals surface area contributed by atoms with Crippen LogP contribution in [0, 0.1) is 0 Å². The number of hydrogen-bond donors (Lipinski definition) is 1. The highest BCUT2D eigenvalue weighted by molar-refractivity contribution is 5.78. The van der Waals surface area contributed by atoms with Gasteiger partial charge >= 0.3 is 0 Å². The minimum absolute atomic E-state index is 0.240. The Morgan fingerprint density at radius 2 is 2.13 bits per heavy atom. The molecule has 2 saturated heterocycles. The van der Waals surface area contributed by atoms with E-state index in [2.05, 4.69) is 16.8 Å². The van der Waals surface area contributed by atoms with E-state index in [4.69, 9.17) is 0 Å². The molecule has 3 heterocycles. The molecule has 0 spiro atoms. The normalized spacial score (nSPS) is 25.3. The van der Waals surface area contributed by atoms with E-state index in [1.54, 1.807) is 12.4 Å². The van der Waals surface area contributed by atoms with Gasteiger partial charge in [-0.1, -0.05) is 6.07 Å². The van der Waals surface area contributed by atoms with Crippen LogP contribution >= 0.6 is 0 Å². The molecular formula is C18H27N3O2. The minimum atomic E-state index is -0.799. The number of rotatable bonds is 3. The third-order valence-corrected chi connectivity index (χ3v) is 5.36. The molecule has 0 aliphatic carbocycles. The number of carbonyl (C=O) groups is 1. The second kappa shape index (κ2) is 6.97. The number of hydrogen-bond acceptors (Lipinski definition) is 4. The van der Waals surface area contributed by atoms with Crippen LogP contribution in [0.1, 0.15) is 44.6 Å². The molecule has 2 aliphatic heterocycles. The molecule has 2 aliphatic rings. The zero-order valence-electron chi connectivity index (χ0n) is 13.9. The Morgan fingerprint density at radius 3 is 2.78 bits per heavy atom. The van der Waals surface area contributed by atoms with Crippen molar-refractivity contribution in [1.82, 2.24) is 14.8 Å². The van der Waals surface area contributed by atoms with Gasteiger partial charge in [-0.2, -0.15) is 0 Å². The van der Waals surface area contributed by atoms with Crippen molar-refractivity contribution in [3.63, 3.8) is 0 Å². The second-order valence-corrected chi connectivity index (χ2v) is 6.98. The third-order valence-electron chi connectivity index (χ3n) is 5.36. The molecule has 1 atom stereocenters. The van der Waals surface area contributed by atoms with Gasteiger partial charge in [-0.05, 0) is 45.1 Å². The molecule has 1 N–H and O–H groups in total. The summed E-state index contributed by atoms with van der Waals surface area (Å²) in [5.41, 5.74) is 0.0855. The average molecular weight is 317 g/mol. The standard InChI is InChI=1S/C18H27N3O2/c1-15-5-2-3-10-21(15)17(22)14-20-11-7-18(23,8-12-20)16-6-4-9-19-13-16/h4,6,9,13,15,23H,2-3,5,7-8,10-12,14H2,1H3/t15-/m1/s1. The molecule has 5 nitrogen and oxygen atoms in total. The average Bonchev–Trinajstić information content (AvgIpc) is 2.58. The van der Waals surface area contributed by atoms with Gasteiger partial charge in [0, 0.05) is 43.6 Å². The van der Waals surface area contributed by atoms with E-state index in [9.17, 15) is 9.90 Å². The minimum Gasteiger partial charge on any atom is -0.385 e. The van der Waals surface area contributed by atoms with Crippen LogP contribution in [0.25, 0.3) is 0 Å². The molecule has 1 amide bonds. The fourth-order valence-corrected chi connectivity index (χ4v) is 3.76. The van der Waals surface area contributed by atoms with E-state index in [0.29, 0.717) is 25.4 Å². The van der Waals surface area contributed by atoms with Gasteiger partial charge in [0.25, 0.3) is 0 Å². The summed E-state index contributed by atoms with van der Waals surface area (Å²) in [7, 11) is 0. The molecular weight excluding hydrogens is 290 g/mol. The third kappa shape index (κ3) is 3.72. The van der Waals surface area contributed by atoms with E-state index in [0.717, 1.165) is 38.0 Å². The molecule has 1 aromatic rings. The second-order valence-electron chi connectivity index (χ2n) is 6.98. The maximum Gasteiger partial charge on any atom is 0.236 e. The Morgan fingerprint density at radius 1 is 1.35 bits per heavy atom. The molecule has 0 aromatic carbocycles. The lowest BCUT2D eigenvalue weighted by Gasteiger charge is -2.40. The molecule has 5 heteroatoms. The van der Waals surface area contributed by atoms with Crippen LogP contribution in [-0.4, -0.2) is 58.0 Å². The number of likely N-dealkylation sites (tertiary alicyclic amines) is 2. The summed E-state index contributed by atoms with van der Waals surface area (Å²) >= 11 is 0. The molecule has 0 unspecified atom stereocenters. The molecule has 23 heavy (non-hydrogen) atoms. The Bertz CT molecular complexity index is 526. The zero-order valence-corrected chi connectivity index (χ0v) is 13.9. The van der Waals surface area contributed by atoms with E-state index >= 15 is 0 Å². The molecule has 0 bridgehead atoms. The predicted octanol–water partition coefficient (Wildman–Crippen LogP) is 1.77. The van der Waals surface area contributed by atoms with Gasteiger partial charge in [-0.3, -0.25) is 14.7 Å². The van der Waals surface area contributed by atoms with Crippen molar-refractivity contribution in [2.24, 2.45) is 0 Å². The van der Waals surface area contributed by atoms with Crippen molar-refractivity contribution >= 4 is 5.91 Å². The van der Waals surface area contributed by atoms with Crippen LogP contribution in [0.4, 0.5) is 0 Å². The smallest absolute Gasteiger partial charge is 0.236 e. The Hall–Kier alpha value is -1.46. The van der Waals surface area contributed by atoms with Crippen LogP contribution in [-0.2, 0) is 10.4 Å². The summed E-state index contributed by atoms with van der Waals surface area (Å²) in [5, 5.41) is 10.8. The largest absolute Gasteiger partial charge is 0.385 e. The lowest BCUT2D eigenvalue weighted by Crippen LogP contribution is -2.50. The first-order valence-corrected chi connectivity index (χ1v) is 8.73. The first-order valence-electron chi connectivity index (χ1n) is 8.73. The molecule has 2 fully saturated rings. The highest BCUT2D eigenvalue weighted by Crippen LogP contribution is 2.32. The zero-order chi connectivity index (χ0) is 16.3. The summed E-state index contributed by atoms with van der Waals surface area (Å²) in [4.78, 5) is 20.8. The molecule has 3 rings (SSSR count). The van der Waals surface area contributed by atoms with Gasteiger partial charge in [0.1, 0.15) is 0 Å². The van der Waals surface area contributed by atoms with E-state index in [1.807, 2.05) is 17.0 Å². The van der Waals surface area contributed by atoms with Gasteiger partial charge in [-0.25, -0.2) is 0 Å². The van der Waals surface area contributed by atoms with Gasteiger partial charge in [0.15, 0.2) is 0 Å². The Balaban J connectivity index is 1.54. The summed E-state index contributed by atoms with van der Waals surface area (Å²) in [5.74, 6) is 0.240. The molecule has 0 radical (unpaired) electrons. The van der Waals surface area contributed by atoms with Gasteiger partial charge < -0.3 is 10.0 Å². The lowest BCUT2D eigenvalue weighted by atomic mass is 9.85. The van der Waals surface area contributed by atoms with Crippen molar-refractivity contribution in [3.8, 4) is 0 Å². The maximum absolute atomic E-state index is 12.5. The van der Waals surface area contributed by atoms with Gasteiger partial charge in [0.2, 0.25) is 5.91 Å². The van der Waals surface area contributed by atoms with Crippen LogP contribution in [0.3, 0.4) is 0 Å². The summed E-state index contributed by atoms with van der Waals surface area (Å²) in [6, 6.07) is 4.16. The highest BCUT2D eigenvalue weighted by Gasteiger charge is 2.35. The highest BCUT2D eigenvalue weighted by atomic mass is 16.3. The Labute approximate surface area is 138 Å². The fourth-order valence-electron chi connectivity index (χ4n) is 3.76. The number of aromatic nitrogens is 1. The van der Waals surface area contributed by atoms with Gasteiger partial charge in [-0.15, -0.1) is 0 Å². The molecule has 1 aromatic heterocycles. The van der Waals surface area contributed by atoms with Crippen molar-refractivity contribution in [1.29, 1.82) is 0 Å². The first-order chi connectivity index (χ1) is 11.1. The number of nitrogens with zero attached hydrogens (tertiary/aromatic N) is 3. The fraction of sp³-hybridized carbons (Fsp3) is 0.667. The number of pyridine rings is 1. The monoisotopic (exact) mass is 317 g/mol. The lowest BCUT2D eigenvalue weighted by molar-refractivity contribution is -0.137. The number of amides is 1. The summed E-state index contributed by atoms with van der Waals surface area (Å²) in [6.07, 6.45) is 8.25. The maximum atomic E-state index is 12.5. The van der Waals surface area contributed by atoms with Crippen molar-refractivity contribution in [2.75, 3.05) is 26.2 Å². The number of piperidine rings is 2. The van der Waals surface area contributed by atoms with Crippen LogP contribution < -0.4 is 0 Å². The van der Waals surface area contributed by atoms with E-state index in [-0.39, 0.29) is 5.91 Å². The predicted molar refractivity (Wildman–Crippen MR) is 88.8 cm³/mol. The number of aliphatic hydroxyl groups is 1. The summed E-state index contributed by atoms with van der Waals surface area (Å²) < 4.78 is 0. The van der Waals surface area contributed by atoms with Crippen molar-refractivity contribution < 1.29 is 9.90 Å². The van der Waals surface area contributed by atoms with Crippen LogP contribution in [0.5, 0.6) is 0 Å². The SMILES string of the molecule is C[C@@H]1CCCCN1C(=O)CN1CCC(O)(c2cccnc2)CC1. The molecule has 0 saturated carbocycles. The quantitative estimate of drug-likeness (QED) is 0.923. The van der Waals surface area contributed by atoms with E-state index < -0.39 is 5.60 Å². The van der Waals surface area contributed by atoms with Crippen LogP contribution in [0.2, 0.25) is 0 Å². The Kier molecular flexibility index (Phi) is 4.97. The van der Waals surface area contributed by atoms with Crippen LogP contribution in [0.15, 0.2) is 24.5 Å². The van der Waals surface area contributed by atoms with Crippen molar-refractivity contribution in [3.05, 3.63) is 30.1 Å². The summed E-state index contributed by atoms with van der Waals surface area (Å²) in [6.45, 7) is 5.02. The van der Waals surface area contributed by atoms with Gasteiger partial charge in [0.05, 0.1) is 12.1 Å². The molecule has 126 valence electrons. The first kappa shape index (κ1) is 16.4. The topological polar surface area (TPSA) is 56.7 Å². The van der Waals surface area contributed by atoms with E-state index in [1.165, 1.54) is 6.42 Å². The van der Waals surface area contributed by atoms with Crippen molar-refractivity contribution in [2.45, 2.75) is 50.7 Å².